The van der Waals surface area contributed by atoms with Crippen molar-refractivity contribution in [1.29, 1.82) is 0 Å². The van der Waals surface area contributed by atoms with Crippen molar-refractivity contribution in [3.05, 3.63) is 0 Å². The zero-order valence-corrected chi connectivity index (χ0v) is 36.0. The van der Waals surface area contributed by atoms with E-state index >= 15 is 0 Å². The summed E-state index contributed by atoms with van der Waals surface area (Å²) >= 11 is 1.41. The van der Waals surface area contributed by atoms with Crippen molar-refractivity contribution >= 4 is 65.0 Å². The van der Waals surface area contributed by atoms with Gasteiger partial charge >= 0.3 is 0 Å². The molecule has 2 rings (SSSR count). The average molecular weight is 854 g/mol. The lowest BCUT2D eigenvalue weighted by Gasteiger charge is -2.28. The highest BCUT2D eigenvalue weighted by Gasteiger charge is 2.42. The molecule has 3 unspecified atom stereocenters. The zero-order chi connectivity index (χ0) is 44.4. The molecule has 0 spiro atoms. The van der Waals surface area contributed by atoms with Crippen LogP contribution in [0.5, 0.6) is 0 Å². The molecule has 20 nitrogen and oxygen atoms in total. The van der Waals surface area contributed by atoms with Crippen LogP contribution >= 0.6 is 11.8 Å². The van der Waals surface area contributed by atoms with Gasteiger partial charge in [0.05, 0.1) is 6.61 Å². The molecule has 21 heteroatoms. The van der Waals surface area contributed by atoms with Crippen LogP contribution in [0.25, 0.3) is 0 Å². The van der Waals surface area contributed by atoms with Crippen LogP contribution in [0.4, 0.5) is 0 Å². The number of nitrogens with one attached hydrogen (secondary N) is 7. The Morgan fingerprint density at radius 1 is 0.678 bits per heavy atom. The number of nitrogens with two attached hydrogens (primary N) is 3. The van der Waals surface area contributed by atoms with Gasteiger partial charge < -0.3 is 59.5 Å². The van der Waals surface area contributed by atoms with E-state index in [0.29, 0.717) is 30.4 Å². The summed E-state index contributed by atoms with van der Waals surface area (Å²) in [6.45, 7) is 7.10. The second-order valence-corrected chi connectivity index (χ2v) is 17.1. The van der Waals surface area contributed by atoms with E-state index in [0.717, 1.165) is 19.3 Å². The van der Waals surface area contributed by atoms with Gasteiger partial charge in [0.1, 0.15) is 42.3 Å². The number of aliphatic imine (C=N–C) groups is 1. The van der Waals surface area contributed by atoms with Crippen molar-refractivity contribution in [2.45, 2.75) is 135 Å². The van der Waals surface area contributed by atoms with Gasteiger partial charge in [-0.3, -0.25) is 43.3 Å². The molecular weight excluding hydrogens is 787 g/mol. The molecule has 0 heterocycles. The van der Waals surface area contributed by atoms with Crippen molar-refractivity contribution in [1.82, 2.24) is 37.2 Å². The number of thioether (sulfide) groups is 1. The number of hydrogen-bond acceptors (Lipinski definition) is 11. The van der Waals surface area contributed by atoms with E-state index in [1.807, 2.05) is 13.8 Å². The lowest BCUT2D eigenvalue weighted by molar-refractivity contribution is -0.135. The van der Waals surface area contributed by atoms with Gasteiger partial charge in [-0.05, 0) is 101 Å². The van der Waals surface area contributed by atoms with E-state index in [4.69, 9.17) is 17.2 Å². The summed E-state index contributed by atoms with van der Waals surface area (Å²) in [5, 5.41) is 27.8. The molecule has 0 radical (unpaired) electrons. The summed E-state index contributed by atoms with van der Waals surface area (Å²) in [4.78, 5) is 108. The number of rotatable bonds is 26. The van der Waals surface area contributed by atoms with Crippen LogP contribution < -0.4 is 54.4 Å². The Bertz CT molecular complexity index is 1510. The van der Waals surface area contributed by atoms with Gasteiger partial charge in [0.2, 0.25) is 47.3 Å². The monoisotopic (exact) mass is 853 g/mol. The highest BCUT2D eigenvalue weighted by molar-refractivity contribution is 7.98. The fraction of sp³-hybridized carbons (Fsp3) is 0.763. The molecule has 2 bridgehead atoms. The number of carbonyl (C=O) groups is 8. The number of amides is 8. The van der Waals surface area contributed by atoms with Crippen molar-refractivity contribution in [2.24, 2.45) is 45.9 Å². The Hall–Kier alpha value is -4.66. The molecule has 0 aromatic carbocycles. The fourth-order valence-electron chi connectivity index (χ4n) is 7.53. The minimum atomic E-state index is -1.45. The smallest absolute Gasteiger partial charge is 0.245 e. The molecule has 2 saturated carbocycles. The molecule has 0 aliphatic heterocycles. The van der Waals surface area contributed by atoms with E-state index in [-0.39, 0.29) is 49.5 Å². The molecule has 2 fully saturated rings. The van der Waals surface area contributed by atoms with Gasteiger partial charge in [-0.1, -0.05) is 20.3 Å². The normalized spacial score (nSPS) is 20.4. The van der Waals surface area contributed by atoms with Crippen LogP contribution in [0, 0.1) is 23.7 Å². The minimum Gasteiger partial charge on any atom is -0.394 e. The Morgan fingerprint density at radius 3 is 1.68 bits per heavy atom. The topological polar surface area (TPSA) is 331 Å². The highest BCUT2D eigenvalue weighted by Crippen LogP contribution is 2.49. The summed E-state index contributed by atoms with van der Waals surface area (Å²) in [7, 11) is 0. The largest absolute Gasteiger partial charge is 0.394 e. The zero-order valence-electron chi connectivity index (χ0n) is 35.1. The Labute approximate surface area is 350 Å². The number of guanidine groups is 1. The Balaban J connectivity index is 2.10. The minimum absolute atomic E-state index is 0.0116. The fourth-order valence-corrected chi connectivity index (χ4v) is 8.00. The SMILES string of the molecule is CSCC[C@H](NC(=O)[C@H](C)NC(=O)[C@H](CCCN=C(N)N)NC(=O)[C@H](CC1CC2CCC1C2)NC(C)=O)C(=O)N[C@@H](C)C(=O)N[C@@H](CO)C(=O)N[C@@H](CC(C)C)C(N)=O. The van der Waals surface area contributed by atoms with Gasteiger partial charge in [0.15, 0.2) is 5.96 Å². The predicted molar refractivity (Wildman–Crippen MR) is 223 cm³/mol. The maximum Gasteiger partial charge on any atom is 0.245 e. The third-order valence-electron chi connectivity index (χ3n) is 10.6. The molecule has 59 heavy (non-hydrogen) atoms. The van der Waals surface area contributed by atoms with Gasteiger partial charge in [-0.2, -0.15) is 11.8 Å². The third kappa shape index (κ3) is 17.6. The first-order chi connectivity index (χ1) is 27.7. The van der Waals surface area contributed by atoms with E-state index in [9.17, 15) is 43.5 Å². The molecule has 0 saturated heterocycles. The number of nitrogens with zero attached hydrogens (tertiary/aromatic N) is 1. The summed E-state index contributed by atoms with van der Waals surface area (Å²) < 4.78 is 0. The first-order valence-corrected chi connectivity index (χ1v) is 21.7. The maximum absolute atomic E-state index is 13.7. The van der Waals surface area contributed by atoms with Gasteiger partial charge in [0.25, 0.3) is 0 Å². The molecule has 10 atom stereocenters. The van der Waals surface area contributed by atoms with Crippen LogP contribution in [0.15, 0.2) is 4.99 Å². The standard InChI is InChI=1S/C38H67N11O9S/c1-19(2)14-28(31(39)52)48-37(58)30(18-50)49-33(54)21(4)44-35(56)27(11-13-59-6)46-32(53)20(3)43-34(55)26(8-7-12-42-38(40)41)47-36(57)29(45-22(5)51)17-25-16-23-9-10-24(25)15-23/h19-21,23-30,50H,7-18H2,1-6H3,(H2,39,52)(H,43,55)(H,44,56)(H,45,51)(H,46,53)(H,47,57)(H,48,58)(H,49,54)(H4,40,41,42)/t20-,21-,23?,24?,25?,26-,27-,28-,29-,30-/m0/s1. The number of fused-ring (bicyclic) bond motifs is 2. The van der Waals surface area contributed by atoms with Crippen molar-refractivity contribution < 1.29 is 43.5 Å². The summed E-state index contributed by atoms with van der Waals surface area (Å²) in [6.07, 6.45) is 7.42. The van der Waals surface area contributed by atoms with Crippen LogP contribution in [0.1, 0.15) is 92.4 Å². The second kappa shape index (κ2) is 25.1. The van der Waals surface area contributed by atoms with Crippen molar-refractivity contribution in [3.8, 4) is 0 Å². The van der Waals surface area contributed by atoms with Crippen molar-refractivity contribution in [3.63, 3.8) is 0 Å². The Morgan fingerprint density at radius 2 is 1.20 bits per heavy atom. The van der Waals surface area contributed by atoms with Crippen LogP contribution in [0.2, 0.25) is 0 Å². The second-order valence-electron chi connectivity index (χ2n) is 16.1. The third-order valence-corrected chi connectivity index (χ3v) is 11.3. The maximum atomic E-state index is 13.7. The quantitative estimate of drug-likeness (QED) is 0.0247. The van der Waals surface area contributed by atoms with E-state index in [1.165, 1.54) is 39.0 Å². The highest BCUT2D eigenvalue weighted by atomic mass is 32.2. The van der Waals surface area contributed by atoms with E-state index in [1.54, 1.807) is 6.26 Å². The van der Waals surface area contributed by atoms with Gasteiger partial charge in [-0.15, -0.1) is 0 Å². The van der Waals surface area contributed by atoms with Gasteiger partial charge in [-0.25, -0.2) is 0 Å². The first-order valence-electron chi connectivity index (χ1n) is 20.3. The molecule has 0 aromatic rings. The molecule has 2 aliphatic rings. The van der Waals surface area contributed by atoms with Crippen LogP contribution in [-0.2, 0) is 38.4 Å². The van der Waals surface area contributed by atoms with E-state index in [2.05, 4.69) is 42.2 Å². The summed E-state index contributed by atoms with van der Waals surface area (Å²) in [5.41, 5.74) is 16.3. The predicted octanol–water partition coefficient (Wildman–Crippen LogP) is -2.40. The number of aliphatic hydroxyl groups is 1. The first kappa shape index (κ1) is 50.5. The van der Waals surface area contributed by atoms with Crippen molar-refractivity contribution in [2.75, 3.05) is 25.2 Å². The average Bonchev–Trinajstić information content (AvgIpc) is 3.79. The number of hydrogen-bond donors (Lipinski definition) is 11. The summed E-state index contributed by atoms with van der Waals surface area (Å²) in [5.74, 6) is -3.77. The molecule has 0 aromatic heterocycles. The van der Waals surface area contributed by atoms with Crippen LogP contribution in [0.3, 0.4) is 0 Å². The summed E-state index contributed by atoms with van der Waals surface area (Å²) in [6, 6.07) is -8.02. The van der Waals surface area contributed by atoms with Gasteiger partial charge in [0, 0.05) is 13.5 Å². The molecule has 14 N–H and O–H groups in total. The Kier molecular flexibility index (Phi) is 21.5. The number of primary amides is 1. The van der Waals surface area contributed by atoms with Crippen LogP contribution in [-0.4, -0.2) is 126 Å². The molecule has 2 aliphatic carbocycles. The molecule has 8 amide bonds. The lowest BCUT2D eigenvalue weighted by Crippen LogP contribution is -2.59. The van der Waals surface area contributed by atoms with E-state index < -0.39 is 90.3 Å². The number of carbonyl (C=O) groups excluding carboxylic acids is 8. The number of aliphatic hydroxyl groups excluding tert-OH is 1. The molecule has 334 valence electrons. The lowest BCUT2D eigenvalue weighted by atomic mass is 9.84. The molecular formula is C38H67N11O9S.